The third-order valence-corrected chi connectivity index (χ3v) is 9.13. The number of fused-ring (bicyclic) bond motifs is 5. The summed E-state index contributed by atoms with van der Waals surface area (Å²) in [5.41, 5.74) is 2.60. The average Bonchev–Trinajstić information content (AvgIpc) is 3.39. The smallest absolute Gasteiger partial charge is 0.185 e. The van der Waals surface area contributed by atoms with Gasteiger partial charge in [0, 0.05) is 38.3 Å². The summed E-state index contributed by atoms with van der Waals surface area (Å²) in [7, 11) is 0. The van der Waals surface area contributed by atoms with Gasteiger partial charge < -0.3 is 4.90 Å². The van der Waals surface area contributed by atoms with Crippen LogP contribution in [0.4, 0.5) is 10.1 Å². The Morgan fingerprint density at radius 1 is 0.875 bits per heavy atom. The Morgan fingerprint density at radius 3 is 2.17 bits per heavy atom. The zero-order valence-electron chi connectivity index (χ0n) is 21.5. The molecule has 4 nitrogen and oxygen atoms in total. The van der Waals surface area contributed by atoms with Crippen molar-refractivity contribution in [1.82, 2.24) is 0 Å². The summed E-state index contributed by atoms with van der Waals surface area (Å²) >= 11 is 3.49. The van der Waals surface area contributed by atoms with Gasteiger partial charge in [-0.15, -0.1) is 0 Å². The first kappa shape index (κ1) is 24.9. The van der Waals surface area contributed by atoms with E-state index in [1.165, 1.54) is 12.1 Å². The van der Waals surface area contributed by atoms with Crippen molar-refractivity contribution >= 4 is 45.0 Å². The molecule has 6 heteroatoms. The van der Waals surface area contributed by atoms with Crippen LogP contribution in [0.3, 0.4) is 0 Å². The molecule has 3 aliphatic rings. The first-order chi connectivity index (χ1) is 19.3. The molecule has 7 rings (SSSR count). The predicted octanol–water partition coefficient (Wildman–Crippen LogP) is 7.21. The fourth-order valence-corrected chi connectivity index (χ4v) is 7.14. The Labute approximate surface area is 239 Å². The van der Waals surface area contributed by atoms with Crippen LogP contribution in [-0.2, 0) is 0 Å². The standard InChI is InChI=1S/C34H23BrFNO3/c1-19-6-8-21(9-7-19)31(38)30-29(20-10-13-23(35)14-11-20)34(32(39)25-4-2-3-5-26(25)33(34)40)28-17-12-22-18-24(36)15-16-27(22)37(28)30/h2-18,28-30H,1H3/t28-,29-,30-/m1/s1. The SMILES string of the molecule is Cc1ccc(C(=O)[C@H]2[C@@H](c3ccc(Br)cc3)C3(C(=O)c4ccccc4C3=O)[C@H]3C=Cc4cc(F)ccc4N23)cc1. The number of halogens is 2. The number of aryl methyl sites for hydroxylation is 1. The van der Waals surface area contributed by atoms with Crippen LogP contribution in [0.25, 0.3) is 6.08 Å². The van der Waals surface area contributed by atoms with E-state index in [1.54, 1.807) is 54.6 Å². The van der Waals surface area contributed by atoms with Gasteiger partial charge in [0.25, 0.3) is 0 Å². The monoisotopic (exact) mass is 591 g/mol. The maximum Gasteiger partial charge on any atom is 0.185 e. The number of anilines is 1. The van der Waals surface area contributed by atoms with Gasteiger partial charge in [-0.2, -0.15) is 0 Å². The van der Waals surface area contributed by atoms with Crippen LogP contribution in [0, 0.1) is 18.2 Å². The van der Waals surface area contributed by atoms with Crippen molar-refractivity contribution < 1.29 is 18.8 Å². The molecule has 196 valence electrons. The predicted molar refractivity (Wildman–Crippen MR) is 155 cm³/mol. The van der Waals surface area contributed by atoms with E-state index >= 15 is 0 Å². The maximum absolute atomic E-state index is 14.6. The molecule has 1 aliphatic carbocycles. The third kappa shape index (κ3) is 3.32. The average molecular weight is 592 g/mol. The van der Waals surface area contributed by atoms with Crippen LogP contribution < -0.4 is 4.90 Å². The van der Waals surface area contributed by atoms with E-state index in [2.05, 4.69) is 15.9 Å². The molecule has 1 saturated heterocycles. The van der Waals surface area contributed by atoms with E-state index in [1.807, 2.05) is 48.2 Å². The van der Waals surface area contributed by atoms with Gasteiger partial charge in [0.15, 0.2) is 17.3 Å². The van der Waals surface area contributed by atoms with E-state index in [9.17, 15) is 18.8 Å². The first-order valence-corrected chi connectivity index (χ1v) is 13.9. The molecule has 0 radical (unpaired) electrons. The minimum Gasteiger partial charge on any atom is -0.352 e. The van der Waals surface area contributed by atoms with E-state index in [-0.39, 0.29) is 17.3 Å². The molecule has 1 spiro atoms. The lowest BCUT2D eigenvalue weighted by Crippen LogP contribution is -2.48. The van der Waals surface area contributed by atoms with Crippen molar-refractivity contribution in [3.05, 3.63) is 141 Å². The molecule has 3 atom stereocenters. The molecule has 0 N–H and O–H groups in total. The summed E-state index contributed by atoms with van der Waals surface area (Å²) in [4.78, 5) is 45.7. The highest BCUT2D eigenvalue weighted by Crippen LogP contribution is 2.61. The Kier molecular flexibility index (Phi) is 5.55. The number of ketones is 3. The molecule has 4 aromatic carbocycles. The summed E-state index contributed by atoms with van der Waals surface area (Å²) < 4.78 is 15.2. The number of nitrogens with zero attached hydrogens (tertiary/aromatic N) is 1. The third-order valence-electron chi connectivity index (χ3n) is 8.60. The molecule has 2 aliphatic heterocycles. The summed E-state index contributed by atoms with van der Waals surface area (Å²) in [6, 6.07) is 24.5. The highest BCUT2D eigenvalue weighted by Gasteiger charge is 2.71. The molecular formula is C34H23BrFNO3. The number of Topliss-reactive ketones (excluding diaryl/α,β-unsaturated/α-hetero) is 3. The minimum atomic E-state index is -1.58. The zero-order chi connectivity index (χ0) is 27.8. The molecule has 0 unspecified atom stereocenters. The van der Waals surface area contributed by atoms with Crippen molar-refractivity contribution in [2.24, 2.45) is 5.41 Å². The van der Waals surface area contributed by atoms with Gasteiger partial charge in [0.2, 0.25) is 0 Å². The fourth-order valence-electron chi connectivity index (χ4n) is 6.88. The van der Waals surface area contributed by atoms with Gasteiger partial charge in [0.1, 0.15) is 17.3 Å². The summed E-state index contributed by atoms with van der Waals surface area (Å²) in [6.07, 6.45) is 3.57. The van der Waals surface area contributed by atoms with Crippen molar-refractivity contribution in [1.29, 1.82) is 0 Å². The number of hydrogen-bond acceptors (Lipinski definition) is 4. The summed E-state index contributed by atoms with van der Waals surface area (Å²) in [5.74, 6) is -1.97. The zero-order valence-corrected chi connectivity index (χ0v) is 23.1. The second-order valence-corrected chi connectivity index (χ2v) is 11.6. The molecule has 0 saturated carbocycles. The van der Waals surface area contributed by atoms with Crippen LogP contribution >= 0.6 is 15.9 Å². The van der Waals surface area contributed by atoms with E-state index in [0.29, 0.717) is 27.9 Å². The van der Waals surface area contributed by atoms with Crippen molar-refractivity contribution in [3.8, 4) is 0 Å². The Balaban J connectivity index is 1.54. The van der Waals surface area contributed by atoms with Gasteiger partial charge >= 0.3 is 0 Å². The van der Waals surface area contributed by atoms with Gasteiger partial charge in [-0.3, -0.25) is 14.4 Å². The van der Waals surface area contributed by atoms with Crippen LogP contribution in [-0.4, -0.2) is 29.4 Å². The molecule has 0 bridgehead atoms. The lowest BCUT2D eigenvalue weighted by Gasteiger charge is -2.37. The van der Waals surface area contributed by atoms with Gasteiger partial charge in [0.05, 0.1) is 6.04 Å². The molecule has 0 aromatic heterocycles. The Hall–Kier alpha value is -4.16. The molecule has 4 aromatic rings. The van der Waals surface area contributed by atoms with E-state index < -0.39 is 29.2 Å². The lowest BCUT2D eigenvalue weighted by atomic mass is 9.64. The van der Waals surface area contributed by atoms with Crippen molar-refractivity contribution in [2.45, 2.75) is 24.9 Å². The summed E-state index contributed by atoms with van der Waals surface area (Å²) in [5, 5.41) is 0. The number of benzene rings is 4. The number of hydrogen-bond donors (Lipinski definition) is 0. The van der Waals surface area contributed by atoms with Crippen LogP contribution in [0.15, 0.2) is 102 Å². The molecular weight excluding hydrogens is 569 g/mol. The molecule has 1 fully saturated rings. The summed E-state index contributed by atoms with van der Waals surface area (Å²) in [6.45, 7) is 1.95. The number of carbonyl (C=O) groups is 3. The van der Waals surface area contributed by atoms with Crippen LogP contribution in [0.1, 0.15) is 53.7 Å². The largest absolute Gasteiger partial charge is 0.352 e. The number of carbonyl (C=O) groups excluding carboxylic acids is 3. The molecule has 40 heavy (non-hydrogen) atoms. The second kappa shape index (κ2) is 8.93. The second-order valence-electron chi connectivity index (χ2n) is 10.7. The van der Waals surface area contributed by atoms with Crippen molar-refractivity contribution in [3.63, 3.8) is 0 Å². The quantitative estimate of drug-likeness (QED) is 0.186. The molecule has 2 heterocycles. The highest BCUT2D eigenvalue weighted by atomic mass is 79.9. The van der Waals surface area contributed by atoms with E-state index in [4.69, 9.17) is 0 Å². The van der Waals surface area contributed by atoms with E-state index in [0.717, 1.165) is 15.6 Å². The first-order valence-electron chi connectivity index (χ1n) is 13.1. The fraction of sp³-hybridized carbons (Fsp3) is 0.147. The Morgan fingerprint density at radius 2 is 1.52 bits per heavy atom. The number of rotatable bonds is 3. The normalized spacial score (nSPS) is 21.9. The minimum absolute atomic E-state index is 0.197. The van der Waals surface area contributed by atoms with Crippen LogP contribution in [0.2, 0.25) is 0 Å². The highest BCUT2D eigenvalue weighted by molar-refractivity contribution is 9.10. The lowest BCUT2D eigenvalue weighted by molar-refractivity contribution is 0.0666. The molecule has 0 amide bonds. The van der Waals surface area contributed by atoms with Crippen molar-refractivity contribution in [2.75, 3.05) is 4.90 Å². The van der Waals surface area contributed by atoms with Crippen LogP contribution in [0.5, 0.6) is 0 Å². The van der Waals surface area contributed by atoms with Gasteiger partial charge in [-0.05, 0) is 42.8 Å². The Bertz CT molecular complexity index is 1720. The topological polar surface area (TPSA) is 54.5 Å². The van der Waals surface area contributed by atoms with Gasteiger partial charge in [-0.25, -0.2) is 4.39 Å². The van der Waals surface area contributed by atoms with Gasteiger partial charge in [-0.1, -0.05) is 94.3 Å². The maximum atomic E-state index is 14.6.